The highest BCUT2D eigenvalue weighted by molar-refractivity contribution is 6.31. The molecule has 0 spiro atoms. The Balaban J connectivity index is 3.92. The number of halogens is 1. The molecule has 0 aromatic carbocycles. The van der Waals surface area contributed by atoms with Crippen LogP contribution >= 0.6 is 11.6 Å². The first-order valence-electron chi connectivity index (χ1n) is 3.54. The predicted molar refractivity (Wildman–Crippen MR) is 52.6 cm³/mol. The number of aliphatic hydroxyl groups excluding tert-OH is 1. The second-order valence-electron chi connectivity index (χ2n) is 2.04. The third-order valence-electron chi connectivity index (χ3n) is 1.08. The highest BCUT2D eigenvalue weighted by atomic mass is 35.5. The summed E-state index contributed by atoms with van der Waals surface area (Å²) >= 11 is 5.50. The van der Waals surface area contributed by atoms with Gasteiger partial charge in [-0.05, 0) is 12.2 Å². The smallest absolute Gasteiger partial charge is 0.120 e. The second-order valence-corrected chi connectivity index (χ2v) is 2.52. The molecule has 0 rings (SSSR count). The van der Waals surface area contributed by atoms with Crippen molar-refractivity contribution in [3.05, 3.63) is 23.8 Å². The van der Waals surface area contributed by atoms with Crippen LogP contribution in [0.4, 0.5) is 0 Å². The maximum atomic E-state index is 8.50. The Morgan fingerprint density at radius 1 is 1.67 bits per heavy atom. The van der Waals surface area contributed by atoms with E-state index in [2.05, 4.69) is 16.9 Å². The van der Waals surface area contributed by atoms with Crippen molar-refractivity contribution < 1.29 is 5.11 Å². The average molecular weight is 189 g/mol. The minimum atomic E-state index is 0.0781. The summed E-state index contributed by atoms with van der Waals surface area (Å²) < 4.78 is 0. The summed E-state index contributed by atoms with van der Waals surface area (Å²) in [5.74, 6) is 0.672. The molecule has 0 saturated carbocycles. The molecule has 0 aliphatic carbocycles. The fourth-order valence-electron chi connectivity index (χ4n) is 0.566. The first-order valence-corrected chi connectivity index (χ1v) is 3.92. The third kappa shape index (κ3) is 5.95. The molecule has 3 nitrogen and oxygen atoms in total. The lowest BCUT2D eigenvalue weighted by atomic mass is 10.4. The highest BCUT2D eigenvalue weighted by Gasteiger charge is 1.89. The van der Waals surface area contributed by atoms with Crippen molar-refractivity contribution in [3.8, 4) is 0 Å². The van der Waals surface area contributed by atoms with Crippen molar-refractivity contribution in [2.75, 3.05) is 20.2 Å². The van der Waals surface area contributed by atoms with Gasteiger partial charge >= 0.3 is 0 Å². The number of aliphatic hydroxyl groups is 1. The van der Waals surface area contributed by atoms with Crippen LogP contribution in [-0.2, 0) is 0 Å². The molecular weight excluding hydrogens is 176 g/mol. The Morgan fingerprint density at radius 2 is 2.33 bits per heavy atom. The summed E-state index contributed by atoms with van der Waals surface area (Å²) in [7, 11) is 1.65. The van der Waals surface area contributed by atoms with Crippen LogP contribution in [0.3, 0.4) is 0 Å². The molecular formula is C8H13ClN2O. The molecule has 0 heterocycles. The summed E-state index contributed by atoms with van der Waals surface area (Å²) in [6.07, 6.45) is 3.33. The fourth-order valence-corrected chi connectivity index (χ4v) is 0.629. The molecule has 0 fully saturated rings. The van der Waals surface area contributed by atoms with E-state index in [4.69, 9.17) is 16.7 Å². The van der Waals surface area contributed by atoms with Gasteiger partial charge in [0.05, 0.1) is 6.61 Å². The van der Waals surface area contributed by atoms with Gasteiger partial charge in [-0.25, -0.2) is 0 Å². The van der Waals surface area contributed by atoms with E-state index in [0.29, 0.717) is 17.4 Å². The van der Waals surface area contributed by atoms with Crippen molar-refractivity contribution in [1.82, 2.24) is 5.32 Å². The molecule has 68 valence electrons. The number of rotatable bonds is 4. The lowest BCUT2D eigenvalue weighted by Gasteiger charge is -2.01. The Bertz CT molecular complexity index is 199. The molecule has 0 atom stereocenters. The van der Waals surface area contributed by atoms with Crippen molar-refractivity contribution in [1.29, 1.82) is 0 Å². The summed E-state index contributed by atoms with van der Waals surface area (Å²) in [6.45, 7) is 4.04. The largest absolute Gasteiger partial charge is 0.395 e. The maximum absolute atomic E-state index is 8.50. The molecule has 0 aromatic rings. The van der Waals surface area contributed by atoms with Crippen LogP contribution in [-0.4, -0.2) is 31.1 Å². The summed E-state index contributed by atoms with van der Waals surface area (Å²) in [6, 6.07) is 0. The lowest BCUT2D eigenvalue weighted by molar-refractivity contribution is 0.300. The minimum Gasteiger partial charge on any atom is -0.395 e. The van der Waals surface area contributed by atoms with E-state index < -0.39 is 0 Å². The fraction of sp³-hybridized carbons (Fsp3) is 0.375. The minimum absolute atomic E-state index is 0.0781. The molecule has 0 aliphatic rings. The van der Waals surface area contributed by atoms with Gasteiger partial charge in [-0.15, -0.1) is 0 Å². The SMILES string of the molecule is C=C(Cl)/C=C\C(=N/C)NCCO. The molecule has 0 bridgehead atoms. The standard InChI is InChI=1S/C8H13ClN2O/c1-7(9)3-4-8(10-2)11-5-6-12/h3-4,12H,1,5-6H2,2H3,(H,10,11)/b4-3-. The summed E-state index contributed by atoms with van der Waals surface area (Å²) in [5, 5.41) is 11.8. The number of nitrogens with zero attached hydrogens (tertiary/aromatic N) is 1. The van der Waals surface area contributed by atoms with Gasteiger partial charge < -0.3 is 10.4 Å². The number of aliphatic imine (C=N–C) groups is 1. The molecule has 12 heavy (non-hydrogen) atoms. The first-order chi connectivity index (χ1) is 5.70. The van der Waals surface area contributed by atoms with Crippen LogP contribution in [0.25, 0.3) is 0 Å². The van der Waals surface area contributed by atoms with E-state index in [-0.39, 0.29) is 6.61 Å². The van der Waals surface area contributed by atoms with Crippen molar-refractivity contribution in [2.24, 2.45) is 4.99 Å². The van der Waals surface area contributed by atoms with Crippen molar-refractivity contribution in [2.45, 2.75) is 0 Å². The van der Waals surface area contributed by atoms with Gasteiger partial charge in [0, 0.05) is 18.6 Å². The van der Waals surface area contributed by atoms with Crippen LogP contribution < -0.4 is 5.32 Å². The second kappa shape index (κ2) is 6.88. The molecule has 0 aromatic heterocycles. The van der Waals surface area contributed by atoms with Gasteiger partial charge in [0.15, 0.2) is 0 Å². The molecule has 0 saturated heterocycles. The van der Waals surface area contributed by atoms with E-state index in [0.717, 1.165) is 0 Å². The van der Waals surface area contributed by atoms with Gasteiger partial charge in [-0.2, -0.15) is 0 Å². The Kier molecular flexibility index (Phi) is 6.42. The van der Waals surface area contributed by atoms with E-state index >= 15 is 0 Å². The summed E-state index contributed by atoms with van der Waals surface area (Å²) in [4.78, 5) is 3.91. The van der Waals surface area contributed by atoms with Crippen LogP contribution in [0, 0.1) is 0 Å². The maximum Gasteiger partial charge on any atom is 0.120 e. The Hall–Kier alpha value is -0.800. The topological polar surface area (TPSA) is 44.6 Å². The number of nitrogens with one attached hydrogen (secondary N) is 1. The number of hydrogen-bond donors (Lipinski definition) is 2. The molecule has 4 heteroatoms. The van der Waals surface area contributed by atoms with Crippen LogP contribution in [0.2, 0.25) is 0 Å². The van der Waals surface area contributed by atoms with E-state index in [9.17, 15) is 0 Å². The zero-order valence-electron chi connectivity index (χ0n) is 7.05. The molecule has 0 unspecified atom stereocenters. The Labute approximate surface area is 77.5 Å². The quantitative estimate of drug-likeness (QED) is 0.391. The molecule has 0 amide bonds. The first kappa shape index (κ1) is 11.2. The van der Waals surface area contributed by atoms with Gasteiger partial charge in [-0.3, -0.25) is 4.99 Å². The van der Waals surface area contributed by atoms with E-state index in [1.54, 1.807) is 19.2 Å². The molecule has 2 N–H and O–H groups in total. The number of allylic oxidation sites excluding steroid dienone is 2. The summed E-state index contributed by atoms with van der Waals surface area (Å²) in [5.41, 5.74) is 0. The number of hydrogen-bond acceptors (Lipinski definition) is 2. The van der Waals surface area contributed by atoms with Crippen LogP contribution in [0.15, 0.2) is 28.8 Å². The zero-order valence-corrected chi connectivity index (χ0v) is 7.80. The van der Waals surface area contributed by atoms with E-state index in [1.165, 1.54) is 0 Å². The lowest BCUT2D eigenvalue weighted by Crippen LogP contribution is -2.24. The third-order valence-corrected chi connectivity index (χ3v) is 1.21. The van der Waals surface area contributed by atoms with Gasteiger partial charge in [-0.1, -0.05) is 18.2 Å². The zero-order chi connectivity index (χ0) is 9.40. The van der Waals surface area contributed by atoms with Crippen LogP contribution in [0.5, 0.6) is 0 Å². The van der Waals surface area contributed by atoms with Gasteiger partial charge in [0.2, 0.25) is 0 Å². The number of amidine groups is 1. The van der Waals surface area contributed by atoms with Crippen molar-refractivity contribution >= 4 is 17.4 Å². The molecule has 0 aliphatic heterocycles. The van der Waals surface area contributed by atoms with Gasteiger partial charge in [0.25, 0.3) is 0 Å². The Morgan fingerprint density at radius 3 is 2.75 bits per heavy atom. The van der Waals surface area contributed by atoms with E-state index in [1.807, 2.05) is 0 Å². The normalized spacial score (nSPS) is 12.1. The van der Waals surface area contributed by atoms with Crippen molar-refractivity contribution in [3.63, 3.8) is 0 Å². The average Bonchev–Trinajstić information content (AvgIpc) is 2.05. The van der Waals surface area contributed by atoms with Crippen LogP contribution in [0.1, 0.15) is 0 Å². The van der Waals surface area contributed by atoms with Gasteiger partial charge in [0.1, 0.15) is 5.84 Å². The predicted octanol–water partition coefficient (Wildman–Crippen LogP) is 0.905. The monoisotopic (exact) mass is 188 g/mol. The molecule has 0 radical (unpaired) electrons. The highest BCUT2D eigenvalue weighted by Crippen LogP contribution is 1.97.